The molecule has 4 nitrogen and oxygen atoms in total. The number of aromatic nitrogens is 3. The lowest BCUT2D eigenvalue weighted by atomic mass is 9.65. The molecule has 270 valence electrons. The quantitative estimate of drug-likeness (QED) is 0.180. The zero-order valence-corrected chi connectivity index (χ0v) is 31.3. The van der Waals surface area contributed by atoms with Gasteiger partial charge in [0.25, 0.3) is 0 Å². The van der Waals surface area contributed by atoms with Gasteiger partial charge in [0.15, 0.2) is 11.6 Å². The predicted octanol–water partition coefficient (Wildman–Crippen LogP) is 13.3. The molecule has 10 aromatic rings. The fraction of sp³-hybridized carbons (Fsp3) is 0.0185. The highest BCUT2D eigenvalue weighted by molar-refractivity contribution is 6.00. The molecule has 0 saturated carbocycles. The second-order valence-corrected chi connectivity index (χ2v) is 15.1. The number of benzene rings is 9. The molecule has 9 aromatic carbocycles. The maximum Gasteiger partial charge on any atom is 0.163 e. The van der Waals surface area contributed by atoms with Crippen LogP contribution in [-0.4, -0.2) is 15.0 Å². The summed E-state index contributed by atoms with van der Waals surface area (Å²) in [4.78, 5) is 14.2. The number of fused-ring (bicyclic) bond motifs is 13. The monoisotopic (exact) mass is 739 g/mol. The van der Waals surface area contributed by atoms with Gasteiger partial charge in [0.2, 0.25) is 0 Å². The second-order valence-electron chi connectivity index (χ2n) is 15.1. The van der Waals surface area contributed by atoms with E-state index < -0.39 is 5.41 Å². The van der Waals surface area contributed by atoms with E-state index in [9.17, 15) is 0 Å². The minimum atomic E-state index is -0.601. The normalized spacial score (nSPS) is 13.1. The highest BCUT2D eigenvalue weighted by atomic mass is 16.5. The van der Waals surface area contributed by atoms with Crippen LogP contribution in [0.2, 0.25) is 0 Å². The lowest BCUT2D eigenvalue weighted by Crippen LogP contribution is -2.32. The molecule has 0 amide bonds. The Morgan fingerprint density at radius 2 is 0.897 bits per heavy atom. The third kappa shape index (κ3) is 4.72. The third-order valence-electron chi connectivity index (χ3n) is 12.1. The number of rotatable bonds is 4. The van der Waals surface area contributed by atoms with E-state index in [1.165, 1.54) is 22.3 Å². The maximum absolute atomic E-state index is 7.14. The van der Waals surface area contributed by atoms with E-state index in [0.29, 0.717) is 11.6 Å². The summed E-state index contributed by atoms with van der Waals surface area (Å²) in [6.45, 7) is 0. The van der Waals surface area contributed by atoms with Gasteiger partial charge in [0, 0.05) is 33.0 Å². The van der Waals surface area contributed by atoms with Crippen LogP contribution in [0.3, 0.4) is 0 Å². The molecule has 2 heterocycles. The fourth-order valence-corrected chi connectivity index (χ4v) is 9.51. The van der Waals surface area contributed by atoms with Crippen LogP contribution in [0.5, 0.6) is 11.5 Å². The van der Waals surface area contributed by atoms with Crippen molar-refractivity contribution in [2.45, 2.75) is 5.41 Å². The van der Waals surface area contributed by atoms with E-state index in [-0.39, 0.29) is 0 Å². The molecule has 0 unspecified atom stereocenters. The second kappa shape index (κ2) is 12.7. The van der Waals surface area contributed by atoms with Crippen molar-refractivity contribution in [2.24, 2.45) is 0 Å². The van der Waals surface area contributed by atoms with E-state index >= 15 is 0 Å². The summed E-state index contributed by atoms with van der Waals surface area (Å²) < 4.78 is 7.14. The van der Waals surface area contributed by atoms with Gasteiger partial charge in [-0.15, -0.1) is 0 Å². The minimum absolute atomic E-state index is 0.601. The van der Waals surface area contributed by atoms with Crippen molar-refractivity contribution >= 4 is 21.5 Å². The predicted molar refractivity (Wildman–Crippen MR) is 234 cm³/mol. The van der Waals surface area contributed by atoms with Gasteiger partial charge in [-0.05, 0) is 61.3 Å². The summed E-state index contributed by atoms with van der Waals surface area (Å²) in [5.74, 6) is 3.12. The van der Waals surface area contributed by atoms with Crippen LogP contribution in [0.15, 0.2) is 200 Å². The van der Waals surface area contributed by atoms with Gasteiger partial charge >= 0.3 is 0 Å². The highest BCUT2D eigenvalue weighted by Gasteiger charge is 2.51. The topological polar surface area (TPSA) is 47.9 Å². The van der Waals surface area contributed by atoms with Gasteiger partial charge in [-0.1, -0.05) is 188 Å². The molecule has 0 N–H and O–H groups in total. The maximum atomic E-state index is 7.14. The van der Waals surface area contributed by atoms with Gasteiger partial charge in [-0.25, -0.2) is 15.0 Å². The standard InChI is InChI=1S/C54H33N3O/c1-2-12-35(13-3-1)40-16-8-9-20-45(40)53-56-33-55-52(57-53)38-24-22-34(23-25-38)39-26-29-44-43-19-10-11-21-46(43)54(49(44)32-39)47-30-27-36-14-4-6-17-41(36)50(47)58-51-42-18-7-5-15-37(42)28-31-48(51)54/h1-33H. The molecular formula is C54H33N3O. The lowest BCUT2D eigenvalue weighted by Gasteiger charge is -2.40. The zero-order valence-electron chi connectivity index (χ0n) is 31.3. The molecule has 0 bridgehead atoms. The van der Waals surface area contributed by atoms with E-state index in [1.807, 2.05) is 12.1 Å². The van der Waals surface area contributed by atoms with Crippen LogP contribution in [0, 0.1) is 0 Å². The lowest BCUT2D eigenvalue weighted by molar-refractivity contribution is 0.447. The molecule has 1 aliphatic carbocycles. The molecule has 1 aliphatic heterocycles. The SMILES string of the molecule is c1ccc(-c2ccccc2-c2ncnc(-c3ccc(-c4ccc5c(c4)C4(c6ccccc6-5)c5ccc6ccccc6c5Oc5c4ccc4ccccc54)cc3)n2)cc1. The Morgan fingerprint density at radius 1 is 0.345 bits per heavy atom. The average Bonchev–Trinajstić information content (AvgIpc) is 3.59. The van der Waals surface area contributed by atoms with Crippen molar-refractivity contribution in [3.8, 4) is 67.7 Å². The molecule has 0 fully saturated rings. The van der Waals surface area contributed by atoms with E-state index in [2.05, 4.69) is 192 Å². The molecule has 1 aromatic heterocycles. The summed E-state index contributed by atoms with van der Waals surface area (Å²) in [7, 11) is 0. The van der Waals surface area contributed by atoms with Crippen LogP contribution in [0.1, 0.15) is 22.3 Å². The molecule has 0 atom stereocenters. The van der Waals surface area contributed by atoms with Crippen LogP contribution in [-0.2, 0) is 5.41 Å². The highest BCUT2D eigenvalue weighted by Crippen LogP contribution is 2.64. The van der Waals surface area contributed by atoms with Gasteiger partial charge in [-0.3, -0.25) is 0 Å². The summed E-state index contributed by atoms with van der Waals surface area (Å²) in [5.41, 5.74) is 13.1. The van der Waals surface area contributed by atoms with Gasteiger partial charge in [-0.2, -0.15) is 0 Å². The van der Waals surface area contributed by atoms with Crippen LogP contribution >= 0.6 is 0 Å². The van der Waals surface area contributed by atoms with Gasteiger partial charge < -0.3 is 4.74 Å². The summed E-state index contributed by atoms with van der Waals surface area (Å²) >= 11 is 0. The molecule has 2 aliphatic rings. The first-order chi connectivity index (χ1) is 28.8. The fourth-order valence-electron chi connectivity index (χ4n) is 9.51. The van der Waals surface area contributed by atoms with E-state index in [1.54, 1.807) is 6.33 Å². The Kier molecular flexibility index (Phi) is 7.11. The number of hydrogen-bond acceptors (Lipinski definition) is 4. The van der Waals surface area contributed by atoms with Gasteiger partial charge in [0.1, 0.15) is 17.8 Å². The number of ether oxygens (including phenoxy) is 1. The Hall–Kier alpha value is -7.69. The van der Waals surface area contributed by atoms with Crippen molar-refractivity contribution in [3.05, 3.63) is 223 Å². The van der Waals surface area contributed by atoms with E-state index in [4.69, 9.17) is 9.72 Å². The zero-order chi connectivity index (χ0) is 38.2. The van der Waals surface area contributed by atoms with Crippen LogP contribution < -0.4 is 4.74 Å². The van der Waals surface area contributed by atoms with E-state index in [0.717, 1.165) is 77.6 Å². The van der Waals surface area contributed by atoms with Crippen LogP contribution in [0.25, 0.3) is 77.7 Å². The Morgan fingerprint density at radius 3 is 1.62 bits per heavy atom. The first-order valence-electron chi connectivity index (χ1n) is 19.7. The average molecular weight is 740 g/mol. The van der Waals surface area contributed by atoms with Crippen LogP contribution in [0.4, 0.5) is 0 Å². The Balaban J connectivity index is 1.01. The number of nitrogens with zero attached hydrogens (tertiary/aromatic N) is 3. The molecule has 58 heavy (non-hydrogen) atoms. The molecule has 4 heteroatoms. The molecular weight excluding hydrogens is 707 g/mol. The Bertz CT molecular complexity index is 3180. The number of hydrogen-bond donors (Lipinski definition) is 0. The van der Waals surface area contributed by atoms with Gasteiger partial charge in [0.05, 0.1) is 5.41 Å². The molecule has 1 spiro atoms. The first kappa shape index (κ1) is 32.5. The summed E-state index contributed by atoms with van der Waals surface area (Å²) in [6, 6.07) is 69.4. The van der Waals surface area contributed by atoms with Crippen molar-refractivity contribution in [1.29, 1.82) is 0 Å². The largest absolute Gasteiger partial charge is 0.455 e. The third-order valence-corrected chi connectivity index (χ3v) is 12.1. The first-order valence-corrected chi connectivity index (χ1v) is 19.7. The van der Waals surface area contributed by atoms with Crippen molar-refractivity contribution in [3.63, 3.8) is 0 Å². The summed E-state index contributed by atoms with van der Waals surface area (Å²) in [5, 5.41) is 4.54. The Labute approximate surface area is 335 Å². The summed E-state index contributed by atoms with van der Waals surface area (Å²) in [6.07, 6.45) is 1.61. The smallest absolute Gasteiger partial charge is 0.163 e. The van der Waals surface area contributed by atoms with Crippen molar-refractivity contribution in [1.82, 2.24) is 15.0 Å². The molecule has 0 saturated heterocycles. The van der Waals surface area contributed by atoms with Crippen molar-refractivity contribution < 1.29 is 4.74 Å². The molecule has 0 radical (unpaired) electrons. The molecule has 12 rings (SSSR count). The minimum Gasteiger partial charge on any atom is -0.455 e. The van der Waals surface area contributed by atoms with Crippen molar-refractivity contribution in [2.75, 3.05) is 0 Å².